The largest absolute Gasteiger partial charge is 0.488 e. The van der Waals surface area contributed by atoms with E-state index in [1.807, 2.05) is 77.7 Å². The zero-order chi connectivity index (χ0) is 19.3. The van der Waals surface area contributed by atoms with Gasteiger partial charge in [-0.05, 0) is 53.0 Å². The molecule has 0 aliphatic rings. The van der Waals surface area contributed by atoms with Crippen LogP contribution in [0.4, 0.5) is 17.3 Å². The molecule has 0 radical (unpaired) electrons. The van der Waals surface area contributed by atoms with E-state index in [1.165, 1.54) is 0 Å². The fourth-order valence-corrected chi connectivity index (χ4v) is 3.00. The van der Waals surface area contributed by atoms with Crippen LogP contribution in [0.25, 0.3) is 11.1 Å². The summed E-state index contributed by atoms with van der Waals surface area (Å²) in [5, 5.41) is 18.5. The Morgan fingerprint density at radius 2 is 1.11 bits per heavy atom. The van der Waals surface area contributed by atoms with Gasteiger partial charge in [0.15, 0.2) is 0 Å². The predicted molar refractivity (Wildman–Crippen MR) is 112 cm³/mol. The summed E-state index contributed by atoms with van der Waals surface area (Å²) in [5.41, 5.74) is 3.45. The first-order valence-electron chi connectivity index (χ1n) is 8.91. The van der Waals surface area contributed by atoms with Gasteiger partial charge in [-0.15, -0.1) is 0 Å². The van der Waals surface area contributed by atoms with E-state index in [-0.39, 0.29) is 0 Å². The Morgan fingerprint density at radius 3 is 1.54 bits per heavy atom. The van der Waals surface area contributed by atoms with Crippen molar-refractivity contribution in [2.75, 3.05) is 4.90 Å². The van der Waals surface area contributed by atoms with Crippen molar-refractivity contribution in [3.05, 3.63) is 97.3 Å². The van der Waals surface area contributed by atoms with Crippen LogP contribution in [0, 0.1) is 0 Å². The zero-order valence-corrected chi connectivity index (χ0v) is 15.1. The summed E-state index contributed by atoms with van der Waals surface area (Å²) in [5.74, 6) is 1.57. The van der Waals surface area contributed by atoms with Crippen LogP contribution in [0.3, 0.4) is 0 Å². The number of hydrogen-bond acceptors (Lipinski definition) is 5. The summed E-state index contributed by atoms with van der Waals surface area (Å²) >= 11 is 0. The highest BCUT2D eigenvalue weighted by Crippen LogP contribution is 2.32. The van der Waals surface area contributed by atoms with Gasteiger partial charge < -0.3 is 10.0 Å². The molecule has 2 aromatic heterocycles. The van der Waals surface area contributed by atoms with E-state index >= 15 is 0 Å². The van der Waals surface area contributed by atoms with Crippen molar-refractivity contribution >= 4 is 29.9 Å². The second-order valence-electron chi connectivity index (χ2n) is 6.25. The summed E-state index contributed by atoms with van der Waals surface area (Å²) in [7, 11) is -1.46. The standard InChI is InChI=1S/C22H18BN3O2/c27-23(28)19-11-7-17(8-12-19)18-9-13-20(14-10-18)26(21-5-1-3-15-24-21)22-6-2-4-16-25-22/h1-16,27-28H. The van der Waals surface area contributed by atoms with E-state index in [0.717, 1.165) is 28.5 Å². The average molecular weight is 367 g/mol. The van der Waals surface area contributed by atoms with E-state index in [0.29, 0.717) is 5.46 Å². The molecule has 0 fully saturated rings. The first-order valence-corrected chi connectivity index (χ1v) is 8.91. The minimum atomic E-state index is -1.46. The molecule has 0 bridgehead atoms. The van der Waals surface area contributed by atoms with Crippen LogP contribution in [-0.4, -0.2) is 27.1 Å². The maximum Gasteiger partial charge on any atom is 0.488 e. The van der Waals surface area contributed by atoms with Gasteiger partial charge in [-0.1, -0.05) is 48.5 Å². The highest BCUT2D eigenvalue weighted by atomic mass is 16.4. The molecule has 136 valence electrons. The molecule has 0 spiro atoms. The van der Waals surface area contributed by atoms with Crippen molar-refractivity contribution in [1.82, 2.24) is 9.97 Å². The Labute approximate surface area is 163 Å². The predicted octanol–water partition coefficient (Wildman–Crippen LogP) is 3.29. The maximum atomic E-state index is 9.24. The van der Waals surface area contributed by atoms with Crippen molar-refractivity contribution in [3.8, 4) is 11.1 Å². The second kappa shape index (κ2) is 8.04. The van der Waals surface area contributed by atoms with Crippen LogP contribution in [0.2, 0.25) is 0 Å². The Hall–Kier alpha value is -3.48. The Bertz CT molecular complexity index is 985. The molecule has 0 aliphatic carbocycles. The third-order valence-corrected chi connectivity index (χ3v) is 4.42. The van der Waals surface area contributed by atoms with Gasteiger partial charge >= 0.3 is 7.12 Å². The smallest absolute Gasteiger partial charge is 0.423 e. The Kier molecular flexibility index (Phi) is 5.15. The fourth-order valence-electron chi connectivity index (χ4n) is 3.00. The lowest BCUT2D eigenvalue weighted by molar-refractivity contribution is 0.426. The molecule has 0 amide bonds. The molecule has 4 aromatic rings. The summed E-state index contributed by atoms with van der Waals surface area (Å²) in [6.45, 7) is 0. The van der Waals surface area contributed by atoms with Gasteiger partial charge in [-0.2, -0.15) is 0 Å². The number of anilines is 3. The SMILES string of the molecule is OB(O)c1ccc(-c2ccc(N(c3ccccn3)c3ccccn3)cc2)cc1. The Balaban J connectivity index is 1.69. The third kappa shape index (κ3) is 3.78. The van der Waals surface area contributed by atoms with E-state index < -0.39 is 7.12 Å². The molecule has 2 heterocycles. The van der Waals surface area contributed by atoms with Gasteiger partial charge in [0.2, 0.25) is 0 Å². The molecular weight excluding hydrogens is 349 g/mol. The maximum absolute atomic E-state index is 9.24. The quantitative estimate of drug-likeness (QED) is 0.530. The summed E-state index contributed by atoms with van der Waals surface area (Å²) < 4.78 is 0. The molecule has 0 aliphatic heterocycles. The van der Waals surface area contributed by atoms with Crippen LogP contribution in [-0.2, 0) is 0 Å². The molecule has 6 heteroatoms. The van der Waals surface area contributed by atoms with Crippen LogP contribution < -0.4 is 10.4 Å². The summed E-state index contributed by atoms with van der Waals surface area (Å²) in [6.07, 6.45) is 3.52. The molecule has 2 N–H and O–H groups in total. The minimum Gasteiger partial charge on any atom is -0.423 e. The lowest BCUT2D eigenvalue weighted by Gasteiger charge is -2.23. The average Bonchev–Trinajstić information content (AvgIpc) is 2.76. The lowest BCUT2D eigenvalue weighted by Crippen LogP contribution is -2.29. The molecule has 5 nitrogen and oxygen atoms in total. The first kappa shape index (κ1) is 17.9. The molecule has 2 aromatic carbocycles. The fraction of sp³-hybridized carbons (Fsp3) is 0. The van der Waals surface area contributed by atoms with Crippen LogP contribution in [0.1, 0.15) is 0 Å². The normalized spacial score (nSPS) is 10.5. The van der Waals surface area contributed by atoms with Crippen molar-refractivity contribution in [3.63, 3.8) is 0 Å². The number of rotatable bonds is 5. The highest BCUT2D eigenvalue weighted by Gasteiger charge is 2.14. The van der Waals surface area contributed by atoms with Crippen LogP contribution in [0.5, 0.6) is 0 Å². The van der Waals surface area contributed by atoms with E-state index in [9.17, 15) is 10.0 Å². The summed E-state index contributed by atoms with van der Waals surface area (Å²) in [4.78, 5) is 10.9. The number of pyridine rings is 2. The number of aromatic nitrogens is 2. The van der Waals surface area contributed by atoms with Crippen LogP contribution in [0.15, 0.2) is 97.3 Å². The highest BCUT2D eigenvalue weighted by molar-refractivity contribution is 6.58. The van der Waals surface area contributed by atoms with E-state index in [2.05, 4.69) is 9.97 Å². The topological polar surface area (TPSA) is 69.5 Å². The molecule has 0 saturated carbocycles. The van der Waals surface area contributed by atoms with Gasteiger partial charge in [0.1, 0.15) is 11.6 Å². The summed E-state index contributed by atoms with van der Waals surface area (Å²) in [6, 6.07) is 26.8. The molecule has 0 saturated heterocycles. The van der Waals surface area contributed by atoms with Gasteiger partial charge in [0.05, 0.1) is 0 Å². The number of nitrogens with zero attached hydrogens (tertiary/aromatic N) is 3. The number of hydrogen-bond donors (Lipinski definition) is 2. The molecule has 4 rings (SSSR count). The van der Waals surface area contributed by atoms with E-state index in [1.54, 1.807) is 24.5 Å². The van der Waals surface area contributed by atoms with Gasteiger partial charge in [0, 0.05) is 18.1 Å². The van der Waals surface area contributed by atoms with E-state index in [4.69, 9.17) is 0 Å². The van der Waals surface area contributed by atoms with Crippen molar-refractivity contribution in [2.45, 2.75) is 0 Å². The van der Waals surface area contributed by atoms with Gasteiger partial charge in [-0.25, -0.2) is 9.97 Å². The first-order chi connectivity index (χ1) is 13.7. The lowest BCUT2D eigenvalue weighted by atomic mass is 9.80. The Morgan fingerprint density at radius 1 is 0.607 bits per heavy atom. The minimum absolute atomic E-state index is 0.469. The molecule has 28 heavy (non-hydrogen) atoms. The second-order valence-corrected chi connectivity index (χ2v) is 6.25. The third-order valence-electron chi connectivity index (χ3n) is 4.42. The zero-order valence-electron chi connectivity index (χ0n) is 15.1. The molecule has 0 atom stereocenters. The van der Waals surface area contributed by atoms with Crippen molar-refractivity contribution in [1.29, 1.82) is 0 Å². The molecular formula is C22H18BN3O2. The molecule has 0 unspecified atom stereocenters. The van der Waals surface area contributed by atoms with Gasteiger partial charge in [0.25, 0.3) is 0 Å². The van der Waals surface area contributed by atoms with Gasteiger partial charge in [-0.3, -0.25) is 4.90 Å². The van der Waals surface area contributed by atoms with Crippen LogP contribution >= 0.6 is 0 Å². The van der Waals surface area contributed by atoms with Crippen molar-refractivity contribution in [2.24, 2.45) is 0 Å². The monoisotopic (exact) mass is 367 g/mol. The van der Waals surface area contributed by atoms with Crippen molar-refractivity contribution < 1.29 is 10.0 Å². The number of benzene rings is 2.